The van der Waals surface area contributed by atoms with Crippen LogP contribution in [0.4, 0.5) is 0 Å². The molecule has 2 rings (SSSR count). The van der Waals surface area contributed by atoms with Gasteiger partial charge < -0.3 is 5.32 Å². The molecule has 3 heteroatoms. The van der Waals surface area contributed by atoms with Gasteiger partial charge in [-0.2, -0.15) is 0 Å². The van der Waals surface area contributed by atoms with Crippen LogP contribution in [0, 0.1) is 0 Å². The number of hydrogen-bond donors (Lipinski definition) is 1. The van der Waals surface area contributed by atoms with E-state index >= 15 is 0 Å². The maximum Gasteiger partial charge on any atom is 0.0277 e. The molecule has 0 spiro atoms. The summed E-state index contributed by atoms with van der Waals surface area (Å²) in [5.74, 6) is 0. The number of rotatable bonds is 5. The summed E-state index contributed by atoms with van der Waals surface area (Å²) in [7, 11) is 2.23. The molecule has 0 unspecified atom stereocenters. The second-order valence-corrected chi connectivity index (χ2v) is 7.30. The average Bonchev–Trinajstić information content (AvgIpc) is 2.41. The Morgan fingerprint density at radius 2 is 1.90 bits per heavy atom. The predicted molar refractivity (Wildman–Crippen MR) is 90.4 cm³/mol. The summed E-state index contributed by atoms with van der Waals surface area (Å²) in [4.78, 5) is 5.04. The van der Waals surface area contributed by atoms with E-state index in [9.17, 15) is 0 Å². The van der Waals surface area contributed by atoms with E-state index in [1.54, 1.807) is 0 Å². The van der Waals surface area contributed by atoms with E-state index in [1.807, 2.05) is 0 Å². The first-order valence-corrected chi connectivity index (χ1v) is 8.11. The largest absolute Gasteiger partial charge is 0.310 e. The van der Waals surface area contributed by atoms with Gasteiger partial charge in [0.1, 0.15) is 0 Å². The maximum absolute atomic E-state index is 3.49. The molecule has 1 aliphatic rings. The van der Waals surface area contributed by atoms with Crippen molar-refractivity contribution in [3.05, 3.63) is 35.4 Å². The third-order valence-corrected chi connectivity index (χ3v) is 4.51. The number of hydrogen-bond acceptors (Lipinski definition) is 3. The van der Waals surface area contributed by atoms with Crippen molar-refractivity contribution in [3.8, 4) is 0 Å². The second kappa shape index (κ2) is 6.91. The standard InChI is InChI=1S/C18H31N3/c1-15(2)19-12-16-7-6-8-17(11-16)13-21-10-9-20(5)18(3,4)14-21/h6-8,11,15,19H,9-10,12-14H2,1-5H3. The van der Waals surface area contributed by atoms with Crippen molar-refractivity contribution in [1.82, 2.24) is 15.1 Å². The van der Waals surface area contributed by atoms with Crippen LogP contribution in [0.15, 0.2) is 24.3 Å². The van der Waals surface area contributed by atoms with Gasteiger partial charge in [0.2, 0.25) is 0 Å². The molecule has 0 amide bonds. The lowest BCUT2D eigenvalue weighted by molar-refractivity contribution is 0.0360. The molecular formula is C18H31N3. The summed E-state index contributed by atoms with van der Waals surface area (Å²) in [5.41, 5.74) is 3.09. The van der Waals surface area contributed by atoms with Crippen LogP contribution in [-0.2, 0) is 13.1 Å². The molecule has 0 bridgehead atoms. The molecular weight excluding hydrogens is 258 g/mol. The zero-order chi connectivity index (χ0) is 15.5. The molecule has 118 valence electrons. The molecule has 1 aliphatic heterocycles. The highest BCUT2D eigenvalue weighted by Gasteiger charge is 2.30. The van der Waals surface area contributed by atoms with E-state index in [-0.39, 0.29) is 5.54 Å². The Bertz CT molecular complexity index is 454. The van der Waals surface area contributed by atoms with Crippen molar-refractivity contribution in [1.29, 1.82) is 0 Å². The summed E-state index contributed by atoms with van der Waals surface area (Å²) in [5, 5.41) is 3.49. The number of benzene rings is 1. The van der Waals surface area contributed by atoms with Crippen LogP contribution in [0.3, 0.4) is 0 Å². The highest BCUT2D eigenvalue weighted by Crippen LogP contribution is 2.20. The Hall–Kier alpha value is -0.900. The fraction of sp³-hybridized carbons (Fsp3) is 0.667. The van der Waals surface area contributed by atoms with Gasteiger partial charge in [0, 0.05) is 44.3 Å². The Balaban J connectivity index is 1.95. The Morgan fingerprint density at radius 3 is 2.57 bits per heavy atom. The smallest absolute Gasteiger partial charge is 0.0277 e. The Labute approximate surface area is 130 Å². The molecule has 1 aromatic carbocycles. The minimum absolute atomic E-state index is 0.273. The van der Waals surface area contributed by atoms with Crippen molar-refractivity contribution in [3.63, 3.8) is 0 Å². The summed E-state index contributed by atoms with van der Waals surface area (Å²) in [6, 6.07) is 9.54. The zero-order valence-electron chi connectivity index (χ0n) is 14.3. The van der Waals surface area contributed by atoms with Gasteiger partial charge in [-0.1, -0.05) is 38.1 Å². The van der Waals surface area contributed by atoms with Gasteiger partial charge >= 0.3 is 0 Å². The molecule has 0 saturated carbocycles. The van der Waals surface area contributed by atoms with Crippen LogP contribution in [0.25, 0.3) is 0 Å². The Morgan fingerprint density at radius 1 is 1.19 bits per heavy atom. The molecule has 0 atom stereocenters. The number of nitrogens with one attached hydrogen (secondary N) is 1. The van der Waals surface area contributed by atoms with Gasteiger partial charge in [0.15, 0.2) is 0 Å². The van der Waals surface area contributed by atoms with Crippen LogP contribution in [0.5, 0.6) is 0 Å². The summed E-state index contributed by atoms with van der Waals surface area (Å²) in [6.45, 7) is 14.5. The van der Waals surface area contributed by atoms with Crippen LogP contribution in [-0.4, -0.2) is 48.1 Å². The van der Waals surface area contributed by atoms with E-state index < -0.39 is 0 Å². The van der Waals surface area contributed by atoms with Crippen LogP contribution in [0.2, 0.25) is 0 Å². The average molecular weight is 289 g/mol. The number of piperazine rings is 1. The van der Waals surface area contributed by atoms with Gasteiger partial charge in [0.25, 0.3) is 0 Å². The van der Waals surface area contributed by atoms with Gasteiger partial charge in [-0.25, -0.2) is 0 Å². The van der Waals surface area contributed by atoms with E-state index in [1.165, 1.54) is 11.1 Å². The minimum atomic E-state index is 0.273. The summed E-state index contributed by atoms with van der Waals surface area (Å²) in [6.07, 6.45) is 0. The molecule has 3 nitrogen and oxygen atoms in total. The molecule has 0 aromatic heterocycles. The van der Waals surface area contributed by atoms with Gasteiger partial charge in [-0.3, -0.25) is 9.80 Å². The van der Waals surface area contributed by atoms with E-state index in [2.05, 4.69) is 74.1 Å². The van der Waals surface area contributed by atoms with Crippen LogP contribution >= 0.6 is 0 Å². The molecule has 1 fully saturated rings. The zero-order valence-corrected chi connectivity index (χ0v) is 14.3. The van der Waals surface area contributed by atoms with Crippen molar-refractivity contribution in [2.24, 2.45) is 0 Å². The predicted octanol–water partition coefficient (Wildman–Crippen LogP) is 2.71. The van der Waals surface area contributed by atoms with Crippen molar-refractivity contribution in [2.75, 3.05) is 26.7 Å². The quantitative estimate of drug-likeness (QED) is 0.899. The lowest BCUT2D eigenvalue weighted by Crippen LogP contribution is -2.57. The van der Waals surface area contributed by atoms with E-state index in [0.29, 0.717) is 6.04 Å². The first-order chi connectivity index (χ1) is 9.87. The summed E-state index contributed by atoms with van der Waals surface area (Å²) >= 11 is 0. The SMILES string of the molecule is CC(C)NCc1cccc(CN2CCN(C)C(C)(C)C2)c1. The lowest BCUT2D eigenvalue weighted by Gasteiger charge is -2.45. The maximum atomic E-state index is 3.49. The topological polar surface area (TPSA) is 18.5 Å². The lowest BCUT2D eigenvalue weighted by atomic mass is 9.99. The highest BCUT2D eigenvalue weighted by molar-refractivity contribution is 5.23. The Kier molecular flexibility index (Phi) is 5.42. The normalized spacial score (nSPS) is 20.1. The molecule has 0 radical (unpaired) electrons. The fourth-order valence-corrected chi connectivity index (χ4v) is 2.89. The molecule has 0 aliphatic carbocycles. The number of nitrogens with zero attached hydrogens (tertiary/aromatic N) is 2. The van der Waals surface area contributed by atoms with Crippen LogP contribution in [0.1, 0.15) is 38.8 Å². The first-order valence-electron chi connectivity index (χ1n) is 8.11. The van der Waals surface area contributed by atoms with E-state index in [4.69, 9.17) is 0 Å². The van der Waals surface area contributed by atoms with Crippen molar-refractivity contribution < 1.29 is 0 Å². The van der Waals surface area contributed by atoms with Gasteiger partial charge in [-0.05, 0) is 32.0 Å². The monoisotopic (exact) mass is 289 g/mol. The van der Waals surface area contributed by atoms with Crippen molar-refractivity contribution >= 4 is 0 Å². The molecule has 1 heterocycles. The third-order valence-electron chi connectivity index (χ3n) is 4.51. The molecule has 21 heavy (non-hydrogen) atoms. The fourth-order valence-electron chi connectivity index (χ4n) is 2.89. The third kappa shape index (κ3) is 4.80. The van der Waals surface area contributed by atoms with Gasteiger partial charge in [0.05, 0.1) is 0 Å². The summed E-state index contributed by atoms with van der Waals surface area (Å²) < 4.78 is 0. The van der Waals surface area contributed by atoms with Crippen molar-refractivity contribution in [2.45, 2.75) is 52.4 Å². The highest BCUT2D eigenvalue weighted by atomic mass is 15.3. The van der Waals surface area contributed by atoms with Crippen LogP contribution < -0.4 is 5.32 Å². The van der Waals surface area contributed by atoms with E-state index in [0.717, 1.165) is 32.7 Å². The minimum Gasteiger partial charge on any atom is -0.310 e. The molecule has 1 saturated heterocycles. The number of likely N-dealkylation sites (N-methyl/N-ethyl adjacent to an activating group) is 1. The molecule has 1 N–H and O–H groups in total. The second-order valence-electron chi connectivity index (χ2n) is 7.30. The first kappa shape index (κ1) is 16.5. The van der Waals surface area contributed by atoms with Gasteiger partial charge in [-0.15, -0.1) is 0 Å². The molecule has 1 aromatic rings.